The highest BCUT2D eigenvalue weighted by Gasteiger charge is 2.18. The maximum atomic E-state index is 12.4. The van der Waals surface area contributed by atoms with E-state index in [1.54, 1.807) is 24.3 Å². The first kappa shape index (κ1) is 24.2. The van der Waals surface area contributed by atoms with E-state index in [9.17, 15) is 18.5 Å². The molecule has 1 heterocycles. The molecular formula is C21H17ClN4O5S2. The molecule has 12 heteroatoms. The normalized spacial score (nSPS) is 11.5. The van der Waals surface area contributed by atoms with Crippen molar-refractivity contribution in [2.24, 2.45) is 0 Å². The maximum Gasteiger partial charge on any atom is 0.268 e. The number of hydrogen-bond acceptors (Lipinski definition) is 9. The third-order valence-corrected chi connectivity index (χ3v) is 6.12. The Hall–Kier alpha value is -3.46. The highest BCUT2D eigenvalue weighted by atomic mass is 35.5. The molecule has 0 saturated heterocycles. The van der Waals surface area contributed by atoms with Crippen LogP contribution in [0.3, 0.4) is 0 Å². The molecule has 0 radical (unpaired) electrons. The summed E-state index contributed by atoms with van der Waals surface area (Å²) in [4.78, 5) is 16.2. The molecule has 0 saturated carbocycles. The number of halogens is 1. The summed E-state index contributed by atoms with van der Waals surface area (Å²) < 4.78 is 37.8. The second-order valence-electron chi connectivity index (χ2n) is 6.57. The molecule has 170 valence electrons. The van der Waals surface area contributed by atoms with Crippen LogP contribution in [0, 0.1) is 11.3 Å². The Morgan fingerprint density at radius 1 is 1.27 bits per heavy atom. The summed E-state index contributed by atoms with van der Waals surface area (Å²) in [5, 5.41) is 11.9. The molecule has 0 aliphatic carbocycles. The van der Waals surface area contributed by atoms with Crippen molar-refractivity contribution in [2.75, 3.05) is 18.7 Å². The quantitative estimate of drug-likeness (QED) is 0.362. The monoisotopic (exact) mass is 504 g/mol. The van der Waals surface area contributed by atoms with E-state index in [-0.39, 0.29) is 17.3 Å². The zero-order valence-electron chi connectivity index (χ0n) is 17.4. The van der Waals surface area contributed by atoms with E-state index in [2.05, 4.69) is 14.7 Å². The van der Waals surface area contributed by atoms with Gasteiger partial charge >= 0.3 is 0 Å². The van der Waals surface area contributed by atoms with Gasteiger partial charge in [-0.1, -0.05) is 35.9 Å². The van der Waals surface area contributed by atoms with Gasteiger partial charge in [-0.15, -0.1) is 0 Å². The predicted molar refractivity (Wildman–Crippen MR) is 124 cm³/mol. The van der Waals surface area contributed by atoms with Gasteiger partial charge < -0.3 is 9.47 Å². The fraction of sp³-hybridized carbons (Fsp3) is 0.143. The molecule has 3 rings (SSSR count). The number of carbonyl (C=O) groups excluding carboxylic acids is 1. The van der Waals surface area contributed by atoms with E-state index in [1.165, 1.54) is 13.2 Å². The molecular weight excluding hydrogens is 488 g/mol. The van der Waals surface area contributed by atoms with Gasteiger partial charge in [-0.05, 0) is 29.8 Å². The van der Waals surface area contributed by atoms with Crippen molar-refractivity contribution in [3.63, 3.8) is 0 Å². The lowest BCUT2D eigenvalue weighted by molar-refractivity contribution is -0.112. The number of anilines is 1. The van der Waals surface area contributed by atoms with Crippen molar-refractivity contribution < 1.29 is 22.7 Å². The number of sulfone groups is 1. The Morgan fingerprint density at radius 2 is 2.03 bits per heavy atom. The summed E-state index contributed by atoms with van der Waals surface area (Å²) in [6.45, 7) is 0.231. The first-order valence-electron chi connectivity index (χ1n) is 9.22. The van der Waals surface area contributed by atoms with Crippen molar-refractivity contribution >= 4 is 50.1 Å². The predicted octanol–water partition coefficient (Wildman–Crippen LogP) is 3.73. The summed E-state index contributed by atoms with van der Waals surface area (Å²) in [6, 6.07) is 14.0. The highest BCUT2D eigenvalue weighted by molar-refractivity contribution is 7.90. The summed E-state index contributed by atoms with van der Waals surface area (Å²) in [5.41, 5.74) is 1.10. The van der Waals surface area contributed by atoms with E-state index in [0.717, 1.165) is 11.8 Å². The number of nitriles is 1. The minimum atomic E-state index is -3.60. The first-order chi connectivity index (χ1) is 15.7. The van der Waals surface area contributed by atoms with E-state index >= 15 is 0 Å². The van der Waals surface area contributed by atoms with Gasteiger partial charge in [0.25, 0.3) is 11.1 Å². The number of methoxy groups -OCH3 is 1. The molecule has 9 nitrogen and oxygen atoms in total. The van der Waals surface area contributed by atoms with Gasteiger partial charge in [0, 0.05) is 28.4 Å². The van der Waals surface area contributed by atoms with Crippen molar-refractivity contribution in [3.8, 4) is 17.6 Å². The van der Waals surface area contributed by atoms with E-state index < -0.39 is 20.9 Å². The molecule has 2 aromatic carbocycles. The van der Waals surface area contributed by atoms with Crippen LogP contribution in [0.1, 0.15) is 11.1 Å². The van der Waals surface area contributed by atoms with E-state index in [4.69, 9.17) is 21.1 Å². The Morgan fingerprint density at radius 3 is 2.67 bits per heavy atom. The summed E-state index contributed by atoms with van der Waals surface area (Å²) in [7, 11) is -2.13. The van der Waals surface area contributed by atoms with Gasteiger partial charge in [-0.3, -0.25) is 10.1 Å². The van der Waals surface area contributed by atoms with Crippen LogP contribution in [0.5, 0.6) is 11.5 Å². The number of amides is 1. The van der Waals surface area contributed by atoms with Crippen molar-refractivity contribution in [1.29, 1.82) is 5.26 Å². The summed E-state index contributed by atoms with van der Waals surface area (Å²) in [5.74, 6) is 0.0989. The standard InChI is InChI=1S/C21H17ClN4O5S2/c1-30-18-10-13(7-8-17(18)31-12-14-5-3-4-6-16(14)22)9-15(11-23)19(27)24-20-25-21(26-32-20)33(2,28)29/h3-10H,12H2,1-2H3,(H,24,25,26,27). The molecule has 0 unspecified atom stereocenters. The van der Waals surface area contributed by atoms with E-state index in [1.807, 2.05) is 24.3 Å². The number of benzene rings is 2. The van der Waals surface area contributed by atoms with Crippen LogP contribution in [0.25, 0.3) is 6.08 Å². The van der Waals surface area contributed by atoms with Gasteiger partial charge in [-0.25, -0.2) is 8.42 Å². The van der Waals surface area contributed by atoms with Crippen LogP contribution >= 0.6 is 23.1 Å². The van der Waals surface area contributed by atoms with Crippen LogP contribution in [0.4, 0.5) is 5.13 Å². The fourth-order valence-electron chi connectivity index (χ4n) is 2.56. The molecule has 0 atom stereocenters. The van der Waals surface area contributed by atoms with Crippen molar-refractivity contribution in [2.45, 2.75) is 11.8 Å². The number of carbonyl (C=O) groups is 1. The van der Waals surface area contributed by atoms with Crippen LogP contribution in [0.2, 0.25) is 5.02 Å². The van der Waals surface area contributed by atoms with Gasteiger partial charge in [-0.2, -0.15) is 14.6 Å². The Kier molecular flexibility index (Phi) is 7.65. The van der Waals surface area contributed by atoms with Crippen molar-refractivity contribution in [1.82, 2.24) is 9.36 Å². The number of ether oxygens (including phenoxy) is 2. The smallest absolute Gasteiger partial charge is 0.268 e. The first-order valence-corrected chi connectivity index (χ1v) is 12.3. The second-order valence-corrected chi connectivity index (χ2v) is 9.64. The van der Waals surface area contributed by atoms with Crippen LogP contribution in [-0.2, 0) is 21.2 Å². The van der Waals surface area contributed by atoms with Gasteiger partial charge in [0.2, 0.25) is 15.0 Å². The summed E-state index contributed by atoms with van der Waals surface area (Å²) in [6.07, 6.45) is 2.31. The molecule has 0 aliphatic heterocycles. The molecule has 0 fully saturated rings. The number of nitrogens with zero attached hydrogens (tertiary/aromatic N) is 3. The number of rotatable bonds is 8. The largest absolute Gasteiger partial charge is 0.493 e. The van der Waals surface area contributed by atoms with Gasteiger partial charge in [0.05, 0.1) is 7.11 Å². The molecule has 1 N–H and O–H groups in total. The molecule has 0 bridgehead atoms. The zero-order chi connectivity index (χ0) is 24.0. The van der Waals surface area contributed by atoms with Crippen LogP contribution in [0.15, 0.2) is 53.2 Å². The summed E-state index contributed by atoms with van der Waals surface area (Å²) >= 11 is 6.85. The number of aromatic nitrogens is 2. The van der Waals surface area contributed by atoms with E-state index in [0.29, 0.717) is 33.6 Å². The maximum absolute atomic E-state index is 12.4. The number of hydrogen-bond donors (Lipinski definition) is 1. The molecule has 33 heavy (non-hydrogen) atoms. The van der Waals surface area contributed by atoms with Crippen molar-refractivity contribution in [3.05, 3.63) is 64.2 Å². The third-order valence-electron chi connectivity index (χ3n) is 4.16. The SMILES string of the molecule is COc1cc(C=C(C#N)C(=O)Nc2nc(S(C)(=O)=O)ns2)ccc1OCc1ccccc1Cl. The fourth-order valence-corrected chi connectivity index (χ4v) is 4.18. The molecule has 0 aliphatic rings. The molecule has 1 amide bonds. The molecule has 1 aromatic heterocycles. The van der Waals surface area contributed by atoms with Gasteiger partial charge in [0.15, 0.2) is 11.5 Å². The highest BCUT2D eigenvalue weighted by Crippen LogP contribution is 2.30. The lowest BCUT2D eigenvalue weighted by Gasteiger charge is -2.12. The van der Waals surface area contributed by atoms with Crippen LogP contribution < -0.4 is 14.8 Å². The second kappa shape index (κ2) is 10.4. The average Bonchev–Trinajstić information content (AvgIpc) is 3.26. The lowest BCUT2D eigenvalue weighted by Crippen LogP contribution is -2.13. The topological polar surface area (TPSA) is 131 Å². The molecule has 0 spiro atoms. The average molecular weight is 505 g/mol. The minimum absolute atomic E-state index is 0.0394. The molecule has 3 aromatic rings. The third kappa shape index (κ3) is 6.29. The van der Waals surface area contributed by atoms with Gasteiger partial charge in [0.1, 0.15) is 18.2 Å². The Labute approximate surface area is 199 Å². The lowest BCUT2D eigenvalue weighted by atomic mass is 10.1. The Balaban J connectivity index is 1.76. The minimum Gasteiger partial charge on any atom is -0.493 e. The zero-order valence-corrected chi connectivity index (χ0v) is 19.8. The van der Waals surface area contributed by atoms with Crippen LogP contribution in [-0.4, -0.2) is 37.0 Å². The Bertz CT molecular complexity index is 1360. The number of nitrogens with one attached hydrogen (secondary N) is 1.